The van der Waals surface area contributed by atoms with Crippen molar-refractivity contribution in [3.8, 4) is 11.5 Å². The largest absolute Gasteiger partial charge is 0.493 e. The van der Waals surface area contributed by atoms with Gasteiger partial charge in [0.25, 0.3) is 0 Å². The normalized spacial score (nSPS) is 23.1. The summed E-state index contributed by atoms with van der Waals surface area (Å²) in [7, 11) is 3.26. The molecule has 1 aromatic rings. The van der Waals surface area contributed by atoms with Crippen LogP contribution in [0.1, 0.15) is 24.8 Å². The molecule has 0 bridgehead atoms. The first-order chi connectivity index (χ1) is 8.74. The summed E-state index contributed by atoms with van der Waals surface area (Å²) in [6.07, 6.45) is 2.85. The highest BCUT2D eigenvalue weighted by atomic mass is 16.5. The Bertz CT molecular complexity index is 395. The van der Waals surface area contributed by atoms with Gasteiger partial charge in [0.05, 0.1) is 20.3 Å². The van der Waals surface area contributed by atoms with Crippen molar-refractivity contribution >= 4 is 0 Å². The van der Waals surface area contributed by atoms with E-state index < -0.39 is 0 Å². The molecule has 1 fully saturated rings. The first kappa shape index (κ1) is 13.2. The maximum atomic E-state index is 9.74. The third-order valence-electron chi connectivity index (χ3n) is 3.50. The first-order valence-corrected chi connectivity index (χ1v) is 6.37. The lowest BCUT2D eigenvalue weighted by molar-refractivity contribution is 0.148. The number of hydrogen-bond acceptors (Lipinski definition) is 4. The predicted molar refractivity (Wildman–Crippen MR) is 70.0 cm³/mol. The van der Waals surface area contributed by atoms with E-state index in [-0.39, 0.29) is 12.1 Å². The van der Waals surface area contributed by atoms with Crippen LogP contribution in [-0.4, -0.2) is 31.5 Å². The van der Waals surface area contributed by atoms with E-state index in [1.54, 1.807) is 14.2 Å². The molecule has 1 aromatic carbocycles. The van der Waals surface area contributed by atoms with Crippen molar-refractivity contribution in [1.82, 2.24) is 5.32 Å². The fourth-order valence-electron chi connectivity index (χ4n) is 2.42. The lowest BCUT2D eigenvalue weighted by Crippen LogP contribution is -2.35. The van der Waals surface area contributed by atoms with Gasteiger partial charge in [0.2, 0.25) is 0 Å². The summed E-state index contributed by atoms with van der Waals surface area (Å²) in [5.74, 6) is 1.48. The zero-order chi connectivity index (χ0) is 13.0. The number of nitrogens with one attached hydrogen (secondary N) is 1. The van der Waals surface area contributed by atoms with E-state index in [2.05, 4.69) is 5.32 Å². The summed E-state index contributed by atoms with van der Waals surface area (Å²) in [5, 5.41) is 13.1. The Labute approximate surface area is 108 Å². The highest BCUT2D eigenvalue weighted by Gasteiger charge is 2.24. The van der Waals surface area contributed by atoms with E-state index in [9.17, 15) is 5.11 Å². The molecule has 0 spiro atoms. The van der Waals surface area contributed by atoms with Crippen molar-refractivity contribution in [3.63, 3.8) is 0 Å². The van der Waals surface area contributed by atoms with Gasteiger partial charge >= 0.3 is 0 Å². The number of aliphatic hydroxyl groups is 1. The van der Waals surface area contributed by atoms with Crippen LogP contribution in [0, 0.1) is 0 Å². The average molecular weight is 251 g/mol. The van der Waals surface area contributed by atoms with Crippen molar-refractivity contribution in [2.75, 3.05) is 14.2 Å². The van der Waals surface area contributed by atoms with Gasteiger partial charge in [-0.3, -0.25) is 0 Å². The van der Waals surface area contributed by atoms with Gasteiger partial charge in [0.1, 0.15) is 0 Å². The van der Waals surface area contributed by atoms with Crippen molar-refractivity contribution < 1.29 is 14.6 Å². The number of aliphatic hydroxyl groups excluding tert-OH is 1. The summed E-state index contributed by atoms with van der Waals surface area (Å²) in [6, 6.07) is 6.10. The van der Waals surface area contributed by atoms with Crippen LogP contribution in [0.15, 0.2) is 18.2 Å². The molecule has 0 amide bonds. The van der Waals surface area contributed by atoms with Gasteiger partial charge in [-0.15, -0.1) is 0 Å². The second-order valence-corrected chi connectivity index (χ2v) is 4.67. The fraction of sp³-hybridized carbons (Fsp3) is 0.571. The minimum absolute atomic E-state index is 0.204. The van der Waals surface area contributed by atoms with E-state index >= 15 is 0 Å². The minimum atomic E-state index is -0.204. The number of benzene rings is 1. The molecule has 0 radical (unpaired) electrons. The van der Waals surface area contributed by atoms with Gasteiger partial charge in [-0.25, -0.2) is 0 Å². The fourth-order valence-corrected chi connectivity index (χ4v) is 2.42. The molecule has 4 nitrogen and oxygen atoms in total. The molecule has 0 heterocycles. The monoisotopic (exact) mass is 251 g/mol. The second-order valence-electron chi connectivity index (χ2n) is 4.67. The molecule has 0 saturated heterocycles. The molecule has 1 aliphatic rings. The lowest BCUT2D eigenvalue weighted by atomic mass is 10.1. The van der Waals surface area contributed by atoms with E-state index in [1.165, 1.54) is 0 Å². The molecule has 2 atom stereocenters. The molecular formula is C14H21NO3. The number of ether oxygens (including phenoxy) is 2. The highest BCUT2D eigenvalue weighted by Crippen LogP contribution is 2.27. The molecule has 0 aromatic heterocycles. The number of rotatable bonds is 5. The zero-order valence-electron chi connectivity index (χ0n) is 11.0. The van der Waals surface area contributed by atoms with Crippen LogP contribution in [0.2, 0.25) is 0 Å². The smallest absolute Gasteiger partial charge is 0.161 e. The second kappa shape index (κ2) is 6.07. The van der Waals surface area contributed by atoms with Crippen LogP contribution in [0.25, 0.3) is 0 Å². The van der Waals surface area contributed by atoms with Gasteiger partial charge in [-0.05, 0) is 37.0 Å². The lowest BCUT2D eigenvalue weighted by Gasteiger charge is -2.17. The van der Waals surface area contributed by atoms with Crippen LogP contribution < -0.4 is 14.8 Å². The summed E-state index contributed by atoms with van der Waals surface area (Å²) in [4.78, 5) is 0. The Kier molecular flexibility index (Phi) is 4.44. The predicted octanol–water partition coefficient (Wildman–Crippen LogP) is 1.71. The zero-order valence-corrected chi connectivity index (χ0v) is 11.0. The number of methoxy groups -OCH3 is 2. The topological polar surface area (TPSA) is 50.7 Å². The van der Waals surface area contributed by atoms with Gasteiger partial charge in [0, 0.05) is 12.6 Å². The van der Waals surface area contributed by atoms with E-state index in [0.29, 0.717) is 0 Å². The molecule has 18 heavy (non-hydrogen) atoms. The van der Waals surface area contributed by atoms with Gasteiger partial charge < -0.3 is 19.9 Å². The Balaban J connectivity index is 1.97. The maximum Gasteiger partial charge on any atom is 0.161 e. The molecular weight excluding hydrogens is 230 g/mol. The van der Waals surface area contributed by atoms with Gasteiger partial charge in [-0.2, -0.15) is 0 Å². The third-order valence-corrected chi connectivity index (χ3v) is 3.50. The molecule has 1 saturated carbocycles. The van der Waals surface area contributed by atoms with Crippen molar-refractivity contribution in [2.45, 2.75) is 38.0 Å². The van der Waals surface area contributed by atoms with E-state index in [1.807, 2.05) is 18.2 Å². The first-order valence-electron chi connectivity index (χ1n) is 6.37. The molecule has 0 unspecified atom stereocenters. The van der Waals surface area contributed by atoms with Crippen molar-refractivity contribution in [1.29, 1.82) is 0 Å². The number of hydrogen-bond donors (Lipinski definition) is 2. The Morgan fingerprint density at radius 1 is 1.22 bits per heavy atom. The summed E-state index contributed by atoms with van der Waals surface area (Å²) in [6.45, 7) is 0.738. The van der Waals surface area contributed by atoms with Crippen LogP contribution >= 0.6 is 0 Å². The van der Waals surface area contributed by atoms with E-state index in [4.69, 9.17) is 9.47 Å². The molecule has 4 heteroatoms. The Morgan fingerprint density at radius 2 is 2.00 bits per heavy atom. The molecule has 0 aliphatic heterocycles. The quantitative estimate of drug-likeness (QED) is 0.836. The molecule has 2 N–H and O–H groups in total. The highest BCUT2D eigenvalue weighted by molar-refractivity contribution is 5.42. The minimum Gasteiger partial charge on any atom is -0.493 e. The summed E-state index contributed by atoms with van der Waals surface area (Å²) >= 11 is 0. The SMILES string of the molecule is COc1ccc(CN[C@@H]2CCC[C@H]2O)cc1OC. The van der Waals surface area contributed by atoms with Gasteiger partial charge in [0.15, 0.2) is 11.5 Å². The standard InChI is InChI=1S/C14H21NO3/c1-17-13-7-6-10(8-14(13)18-2)9-15-11-4-3-5-12(11)16/h6-8,11-12,15-16H,3-5,9H2,1-2H3/t11-,12-/m1/s1. The Morgan fingerprint density at radius 3 is 2.61 bits per heavy atom. The van der Waals surface area contributed by atoms with Crippen LogP contribution in [0.3, 0.4) is 0 Å². The van der Waals surface area contributed by atoms with Crippen LogP contribution in [0.4, 0.5) is 0 Å². The molecule has 2 rings (SSSR count). The van der Waals surface area contributed by atoms with Crippen molar-refractivity contribution in [3.05, 3.63) is 23.8 Å². The van der Waals surface area contributed by atoms with E-state index in [0.717, 1.165) is 42.9 Å². The third kappa shape index (κ3) is 2.94. The maximum absolute atomic E-state index is 9.74. The van der Waals surface area contributed by atoms with Crippen molar-refractivity contribution in [2.24, 2.45) is 0 Å². The summed E-state index contributed by atoms with van der Waals surface area (Å²) in [5.41, 5.74) is 1.13. The average Bonchev–Trinajstić information content (AvgIpc) is 2.81. The van der Waals surface area contributed by atoms with Crippen LogP contribution in [0.5, 0.6) is 11.5 Å². The molecule has 1 aliphatic carbocycles. The van der Waals surface area contributed by atoms with Crippen LogP contribution in [-0.2, 0) is 6.54 Å². The molecule has 100 valence electrons. The van der Waals surface area contributed by atoms with Gasteiger partial charge in [-0.1, -0.05) is 6.07 Å². The summed E-state index contributed by atoms with van der Waals surface area (Å²) < 4.78 is 10.5. The Hall–Kier alpha value is -1.26.